The number of benzene rings is 2. The zero-order chi connectivity index (χ0) is 27.5. The van der Waals surface area contributed by atoms with Gasteiger partial charge in [-0.3, -0.25) is 18.8 Å². The first-order valence-corrected chi connectivity index (χ1v) is 12.1. The highest BCUT2D eigenvalue weighted by Crippen LogP contribution is 2.21. The van der Waals surface area contributed by atoms with Crippen molar-refractivity contribution in [3.8, 4) is 23.4 Å². The van der Waals surface area contributed by atoms with E-state index in [1.807, 2.05) is 37.4 Å². The molecule has 194 valence electrons. The molecule has 0 spiro atoms. The normalized spacial score (nSPS) is 11.5. The van der Waals surface area contributed by atoms with E-state index in [9.17, 15) is 9.59 Å². The van der Waals surface area contributed by atoms with Gasteiger partial charge in [0.25, 0.3) is 11.5 Å². The van der Waals surface area contributed by atoms with Gasteiger partial charge in [0, 0.05) is 24.9 Å². The van der Waals surface area contributed by atoms with Crippen molar-refractivity contribution < 1.29 is 9.53 Å². The smallest absolute Gasteiger partial charge is 0.267 e. The van der Waals surface area contributed by atoms with Crippen LogP contribution in [0.4, 0.5) is 5.82 Å². The molecule has 0 saturated heterocycles. The van der Waals surface area contributed by atoms with E-state index >= 15 is 0 Å². The number of fused-ring (bicyclic) bond motifs is 1. The monoisotopic (exact) mass is 519 g/mol. The summed E-state index contributed by atoms with van der Waals surface area (Å²) in [5, 5.41) is 7.41. The lowest BCUT2D eigenvalue weighted by Gasteiger charge is -2.20. The predicted octanol–water partition coefficient (Wildman–Crippen LogP) is 3.00. The van der Waals surface area contributed by atoms with E-state index < -0.39 is 11.9 Å². The molecule has 10 heteroatoms. The first-order valence-electron chi connectivity index (χ1n) is 12.1. The summed E-state index contributed by atoms with van der Waals surface area (Å²) in [6.45, 7) is 1.75. The van der Waals surface area contributed by atoms with Crippen molar-refractivity contribution in [3.05, 3.63) is 106 Å². The van der Waals surface area contributed by atoms with Gasteiger partial charge in [-0.1, -0.05) is 36.1 Å². The van der Waals surface area contributed by atoms with Crippen molar-refractivity contribution in [1.29, 1.82) is 0 Å². The van der Waals surface area contributed by atoms with Gasteiger partial charge >= 0.3 is 0 Å². The number of aryl methyl sites for hydroxylation is 1. The Morgan fingerprint density at radius 2 is 1.85 bits per heavy atom. The largest absolute Gasteiger partial charge is 0.481 e. The molecule has 3 aromatic heterocycles. The molecule has 0 aliphatic carbocycles. The van der Waals surface area contributed by atoms with Crippen molar-refractivity contribution in [2.75, 3.05) is 12.8 Å². The molecule has 1 amide bonds. The van der Waals surface area contributed by atoms with Gasteiger partial charge in [0.15, 0.2) is 0 Å². The van der Waals surface area contributed by atoms with Crippen molar-refractivity contribution in [2.24, 2.45) is 7.05 Å². The van der Waals surface area contributed by atoms with Gasteiger partial charge < -0.3 is 15.8 Å². The fourth-order valence-electron chi connectivity index (χ4n) is 4.19. The Balaban J connectivity index is 1.62. The fraction of sp³-hybridized carbons (Fsp3) is 0.138. The fourth-order valence-corrected chi connectivity index (χ4v) is 4.19. The number of nitrogen functional groups attached to an aromatic ring is 1. The molecule has 5 aromatic rings. The molecule has 1 atom stereocenters. The van der Waals surface area contributed by atoms with E-state index in [-0.39, 0.29) is 16.9 Å². The number of hydrogen-bond acceptors (Lipinski definition) is 7. The third kappa shape index (κ3) is 5.06. The highest BCUT2D eigenvalue weighted by Gasteiger charge is 2.22. The number of pyridine rings is 1. The second-order valence-electron chi connectivity index (χ2n) is 8.78. The Hall–Kier alpha value is -5.43. The number of nitrogens with two attached hydrogens (primary N) is 1. The van der Waals surface area contributed by atoms with Gasteiger partial charge in [0.1, 0.15) is 11.6 Å². The summed E-state index contributed by atoms with van der Waals surface area (Å²) in [7, 11) is 3.28. The maximum absolute atomic E-state index is 14.1. The molecular weight excluding hydrogens is 494 g/mol. The molecule has 0 unspecified atom stereocenters. The van der Waals surface area contributed by atoms with Crippen LogP contribution in [-0.4, -0.2) is 37.3 Å². The minimum absolute atomic E-state index is 0.0304. The van der Waals surface area contributed by atoms with Gasteiger partial charge in [0.2, 0.25) is 5.88 Å². The van der Waals surface area contributed by atoms with Gasteiger partial charge in [-0.25, -0.2) is 4.98 Å². The lowest BCUT2D eigenvalue weighted by Crippen LogP contribution is -2.33. The number of nitrogens with one attached hydrogen (secondary N) is 1. The highest BCUT2D eigenvalue weighted by molar-refractivity contribution is 5.98. The third-order valence-corrected chi connectivity index (χ3v) is 6.07. The molecule has 10 nitrogen and oxygen atoms in total. The summed E-state index contributed by atoms with van der Waals surface area (Å²) in [5.41, 5.74) is 8.20. The maximum Gasteiger partial charge on any atom is 0.267 e. The Bertz CT molecular complexity index is 1810. The summed E-state index contributed by atoms with van der Waals surface area (Å²) < 4.78 is 8.23. The summed E-state index contributed by atoms with van der Waals surface area (Å²) >= 11 is 0. The van der Waals surface area contributed by atoms with E-state index in [4.69, 9.17) is 15.5 Å². The summed E-state index contributed by atoms with van der Waals surface area (Å²) in [4.78, 5) is 36.1. The van der Waals surface area contributed by atoms with E-state index in [1.54, 1.807) is 48.3 Å². The molecule has 39 heavy (non-hydrogen) atoms. The number of aromatic nitrogens is 5. The van der Waals surface area contributed by atoms with E-state index in [1.165, 1.54) is 17.7 Å². The van der Waals surface area contributed by atoms with Gasteiger partial charge in [-0.05, 0) is 37.3 Å². The average Bonchev–Trinajstić information content (AvgIpc) is 3.36. The van der Waals surface area contributed by atoms with E-state index in [0.717, 1.165) is 5.56 Å². The molecule has 3 heterocycles. The molecule has 0 aliphatic rings. The van der Waals surface area contributed by atoms with Crippen molar-refractivity contribution in [3.63, 3.8) is 0 Å². The lowest BCUT2D eigenvalue weighted by molar-refractivity contribution is 0.0938. The van der Waals surface area contributed by atoms with Crippen LogP contribution in [0, 0.1) is 11.8 Å². The Morgan fingerprint density at radius 3 is 2.54 bits per heavy atom. The Kier molecular flexibility index (Phi) is 6.80. The molecule has 2 aromatic carbocycles. The van der Waals surface area contributed by atoms with Crippen LogP contribution < -0.4 is 21.3 Å². The standard InChI is InChI=1S/C29H25N7O3/c1-18(32-28(37)22-14-15-24(39-3)34-26(22)30)27-33-23-11-7-8-20(13-12-19-16-31-35(2)17-19)25(23)29(38)36(27)21-9-5-4-6-10-21/h4-11,14-18H,1-3H3,(H2,30,34)(H,32,37)/t18-/m1/s1. The Labute approximate surface area is 224 Å². The third-order valence-electron chi connectivity index (χ3n) is 6.07. The SMILES string of the molecule is COc1ccc(C(=O)N[C@H](C)c2nc3cccc(C#Cc4cnn(C)c4)c3c(=O)n2-c2ccccc2)c(N)n1. The van der Waals surface area contributed by atoms with Crippen LogP contribution in [0.25, 0.3) is 16.6 Å². The van der Waals surface area contributed by atoms with Crippen LogP contribution in [0.1, 0.15) is 40.3 Å². The highest BCUT2D eigenvalue weighted by atomic mass is 16.5. The zero-order valence-corrected chi connectivity index (χ0v) is 21.5. The maximum atomic E-state index is 14.1. The van der Waals surface area contributed by atoms with Gasteiger partial charge in [0.05, 0.1) is 47.1 Å². The van der Waals surface area contributed by atoms with Gasteiger partial charge in [-0.2, -0.15) is 10.1 Å². The summed E-state index contributed by atoms with van der Waals surface area (Å²) in [5.74, 6) is 6.38. The number of rotatable bonds is 5. The number of nitrogens with zero attached hydrogens (tertiary/aromatic N) is 5. The molecule has 0 fully saturated rings. The van der Waals surface area contributed by atoms with Crippen LogP contribution in [0.5, 0.6) is 5.88 Å². The first-order chi connectivity index (χ1) is 18.9. The van der Waals surface area contributed by atoms with Crippen LogP contribution in [0.3, 0.4) is 0 Å². The van der Waals surface area contributed by atoms with Crippen LogP contribution in [0.2, 0.25) is 0 Å². The summed E-state index contributed by atoms with van der Waals surface area (Å²) in [6.07, 6.45) is 3.46. The molecule has 5 rings (SSSR count). The zero-order valence-electron chi connectivity index (χ0n) is 21.5. The molecule has 0 bridgehead atoms. The number of para-hydroxylation sites is 1. The number of hydrogen-bond donors (Lipinski definition) is 2. The van der Waals surface area contributed by atoms with E-state index in [2.05, 4.69) is 27.2 Å². The van der Waals surface area contributed by atoms with Crippen molar-refractivity contribution >= 4 is 22.6 Å². The van der Waals surface area contributed by atoms with Crippen LogP contribution in [0.15, 0.2) is 77.9 Å². The second-order valence-corrected chi connectivity index (χ2v) is 8.78. The predicted molar refractivity (Wildman–Crippen MR) is 148 cm³/mol. The minimum Gasteiger partial charge on any atom is -0.481 e. The van der Waals surface area contributed by atoms with Crippen molar-refractivity contribution in [1.82, 2.24) is 29.6 Å². The van der Waals surface area contributed by atoms with E-state index in [0.29, 0.717) is 33.9 Å². The molecule has 3 N–H and O–H groups in total. The lowest BCUT2D eigenvalue weighted by atomic mass is 10.1. The van der Waals surface area contributed by atoms with Crippen molar-refractivity contribution in [2.45, 2.75) is 13.0 Å². The number of amides is 1. The van der Waals surface area contributed by atoms with Crippen LogP contribution >= 0.6 is 0 Å². The molecule has 0 aliphatic heterocycles. The number of methoxy groups -OCH3 is 1. The first kappa shape index (κ1) is 25.2. The average molecular weight is 520 g/mol. The second kappa shape index (κ2) is 10.5. The minimum atomic E-state index is -0.665. The van der Waals surface area contributed by atoms with Gasteiger partial charge in [-0.15, -0.1) is 0 Å². The molecule has 0 radical (unpaired) electrons. The number of ether oxygens (including phenoxy) is 1. The quantitative estimate of drug-likeness (QED) is 0.342. The number of anilines is 1. The van der Waals surface area contributed by atoms with Crippen LogP contribution in [-0.2, 0) is 7.05 Å². The topological polar surface area (TPSA) is 130 Å². The molecule has 0 saturated carbocycles. The summed E-state index contributed by atoms with van der Waals surface area (Å²) in [6, 6.07) is 16.9. The Morgan fingerprint density at radius 1 is 1.05 bits per heavy atom. The number of carbonyl (C=O) groups is 1. The molecular formula is C29H25N7O3. The number of carbonyl (C=O) groups excluding carboxylic acids is 1.